The van der Waals surface area contributed by atoms with Gasteiger partial charge in [0.2, 0.25) is 0 Å². The van der Waals surface area contributed by atoms with Crippen molar-refractivity contribution in [3.05, 3.63) is 0 Å². The highest BCUT2D eigenvalue weighted by molar-refractivity contribution is 5.80. The van der Waals surface area contributed by atoms with Crippen molar-refractivity contribution in [2.75, 3.05) is 33.7 Å². The quantitative estimate of drug-likeness (QED) is 0.614. The number of likely N-dealkylation sites (tertiary alicyclic amines) is 1. The SMILES string of the molecule is CC1CCN(C(N)=NCC2CCC(C(=O)N(C)C)O2)CC1. The molecule has 0 aromatic rings. The lowest BCUT2D eigenvalue weighted by Crippen LogP contribution is -2.43. The second-order valence-electron chi connectivity index (χ2n) is 6.43. The van der Waals surface area contributed by atoms with E-state index in [1.807, 2.05) is 0 Å². The third-order valence-electron chi connectivity index (χ3n) is 4.39. The summed E-state index contributed by atoms with van der Waals surface area (Å²) in [6.45, 7) is 4.81. The van der Waals surface area contributed by atoms with E-state index in [2.05, 4.69) is 16.8 Å². The third-order valence-corrected chi connectivity index (χ3v) is 4.39. The summed E-state index contributed by atoms with van der Waals surface area (Å²) in [5, 5.41) is 0. The lowest BCUT2D eigenvalue weighted by molar-refractivity contribution is -0.140. The van der Waals surface area contributed by atoms with Crippen molar-refractivity contribution >= 4 is 11.9 Å². The van der Waals surface area contributed by atoms with Crippen LogP contribution in [0.3, 0.4) is 0 Å². The van der Waals surface area contributed by atoms with Gasteiger partial charge in [-0.05, 0) is 31.6 Å². The van der Waals surface area contributed by atoms with Crippen LogP contribution in [0.5, 0.6) is 0 Å². The molecule has 0 saturated carbocycles. The first-order chi connectivity index (χ1) is 9.97. The largest absolute Gasteiger partial charge is 0.370 e. The Morgan fingerprint density at radius 2 is 1.95 bits per heavy atom. The average molecular weight is 296 g/mol. The maximum Gasteiger partial charge on any atom is 0.251 e. The molecule has 21 heavy (non-hydrogen) atoms. The maximum atomic E-state index is 11.8. The molecule has 0 aromatic heterocycles. The first-order valence-corrected chi connectivity index (χ1v) is 7.89. The number of carbonyl (C=O) groups is 1. The third kappa shape index (κ3) is 4.33. The van der Waals surface area contributed by atoms with Crippen LogP contribution in [0.25, 0.3) is 0 Å². The van der Waals surface area contributed by atoms with Gasteiger partial charge in [0.05, 0.1) is 12.6 Å². The highest BCUT2D eigenvalue weighted by atomic mass is 16.5. The molecule has 120 valence electrons. The number of piperidine rings is 1. The molecule has 2 heterocycles. The predicted octanol–water partition coefficient (Wildman–Crippen LogP) is 0.669. The topological polar surface area (TPSA) is 71.2 Å². The van der Waals surface area contributed by atoms with E-state index in [1.165, 1.54) is 12.8 Å². The van der Waals surface area contributed by atoms with Crippen LogP contribution in [0.2, 0.25) is 0 Å². The number of rotatable bonds is 3. The number of amides is 1. The van der Waals surface area contributed by atoms with E-state index in [4.69, 9.17) is 10.5 Å². The molecule has 2 unspecified atom stereocenters. The van der Waals surface area contributed by atoms with Gasteiger partial charge in [-0.1, -0.05) is 6.92 Å². The molecule has 2 aliphatic rings. The fourth-order valence-electron chi connectivity index (χ4n) is 2.84. The molecule has 2 saturated heterocycles. The molecule has 2 N–H and O–H groups in total. The van der Waals surface area contributed by atoms with Crippen LogP contribution in [0.1, 0.15) is 32.6 Å². The average Bonchev–Trinajstić information content (AvgIpc) is 2.93. The summed E-state index contributed by atoms with van der Waals surface area (Å²) in [6.07, 6.45) is 3.71. The molecule has 2 atom stereocenters. The summed E-state index contributed by atoms with van der Waals surface area (Å²) in [7, 11) is 3.51. The summed E-state index contributed by atoms with van der Waals surface area (Å²) in [5.74, 6) is 1.44. The minimum absolute atomic E-state index is 0.0150. The Kier molecular flexibility index (Phi) is 5.45. The molecule has 0 aliphatic carbocycles. The summed E-state index contributed by atoms with van der Waals surface area (Å²) in [4.78, 5) is 20.0. The molecule has 2 fully saturated rings. The normalized spacial score (nSPS) is 28.0. The van der Waals surface area contributed by atoms with Gasteiger partial charge in [0.15, 0.2) is 5.96 Å². The number of guanidine groups is 1. The lowest BCUT2D eigenvalue weighted by Gasteiger charge is -2.31. The number of likely N-dealkylation sites (N-methyl/N-ethyl adjacent to an activating group) is 1. The Bertz CT molecular complexity index is 389. The zero-order valence-corrected chi connectivity index (χ0v) is 13.4. The van der Waals surface area contributed by atoms with Gasteiger partial charge in [0.25, 0.3) is 5.91 Å². The number of ether oxygens (including phenoxy) is 1. The minimum Gasteiger partial charge on any atom is -0.370 e. The first kappa shape index (κ1) is 16.1. The molecule has 2 aliphatic heterocycles. The van der Waals surface area contributed by atoms with Crippen LogP contribution >= 0.6 is 0 Å². The maximum absolute atomic E-state index is 11.8. The standard InChI is InChI=1S/C15H28N4O2/c1-11-6-8-19(9-7-11)15(16)17-10-12-4-5-13(21-12)14(20)18(2)3/h11-13H,4-10H2,1-3H3,(H2,16,17). The van der Waals surface area contributed by atoms with Crippen molar-refractivity contribution < 1.29 is 9.53 Å². The smallest absolute Gasteiger partial charge is 0.251 e. The van der Waals surface area contributed by atoms with Crippen molar-refractivity contribution in [3.8, 4) is 0 Å². The van der Waals surface area contributed by atoms with E-state index in [-0.39, 0.29) is 18.1 Å². The van der Waals surface area contributed by atoms with Crippen LogP contribution in [-0.4, -0.2) is 67.6 Å². The van der Waals surface area contributed by atoms with Crippen molar-refractivity contribution in [1.29, 1.82) is 0 Å². The number of hydrogen-bond acceptors (Lipinski definition) is 3. The van der Waals surface area contributed by atoms with E-state index in [9.17, 15) is 4.79 Å². The van der Waals surface area contributed by atoms with Crippen LogP contribution in [-0.2, 0) is 9.53 Å². The summed E-state index contributed by atoms with van der Waals surface area (Å²) in [6, 6.07) is 0. The molecule has 0 aromatic carbocycles. The van der Waals surface area contributed by atoms with Gasteiger partial charge in [-0.2, -0.15) is 0 Å². The molecule has 1 amide bonds. The highest BCUT2D eigenvalue weighted by Gasteiger charge is 2.31. The number of nitrogens with zero attached hydrogens (tertiary/aromatic N) is 3. The fourth-order valence-corrected chi connectivity index (χ4v) is 2.84. The van der Waals surface area contributed by atoms with Crippen LogP contribution in [0.15, 0.2) is 4.99 Å². The van der Waals surface area contributed by atoms with Crippen LogP contribution in [0.4, 0.5) is 0 Å². The fraction of sp³-hybridized carbons (Fsp3) is 0.867. The van der Waals surface area contributed by atoms with Gasteiger partial charge < -0.3 is 20.3 Å². The molecule has 6 nitrogen and oxygen atoms in total. The second kappa shape index (κ2) is 7.11. The molecule has 2 rings (SSSR count). The van der Waals surface area contributed by atoms with E-state index in [0.717, 1.165) is 31.8 Å². The van der Waals surface area contributed by atoms with Gasteiger partial charge in [0.1, 0.15) is 6.10 Å². The lowest BCUT2D eigenvalue weighted by atomic mass is 10.00. The Hall–Kier alpha value is -1.30. The van der Waals surface area contributed by atoms with Crippen LogP contribution in [0, 0.1) is 5.92 Å². The van der Waals surface area contributed by atoms with E-state index in [0.29, 0.717) is 12.5 Å². The van der Waals surface area contributed by atoms with Gasteiger partial charge in [-0.15, -0.1) is 0 Å². The first-order valence-electron chi connectivity index (χ1n) is 7.89. The number of hydrogen-bond donors (Lipinski definition) is 1. The number of nitrogens with two attached hydrogens (primary N) is 1. The Labute approximate surface area is 127 Å². The van der Waals surface area contributed by atoms with Crippen molar-refractivity contribution in [2.24, 2.45) is 16.6 Å². The van der Waals surface area contributed by atoms with Gasteiger partial charge in [-0.3, -0.25) is 9.79 Å². The Balaban J connectivity index is 1.78. The summed E-state index contributed by atoms with van der Waals surface area (Å²) < 4.78 is 5.77. The second-order valence-corrected chi connectivity index (χ2v) is 6.43. The summed E-state index contributed by atoms with van der Waals surface area (Å²) >= 11 is 0. The van der Waals surface area contributed by atoms with E-state index in [1.54, 1.807) is 19.0 Å². The van der Waals surface area contributed by atoms with Gasteiger partial charge in [-0.25, -0.2) is 0 Å². The molecule has 0 spiro atoms. The minimum atomic E-state index is -0.308. The van der Waals surface area contributed by atoms with E-state index >= 15 is 0 Å². The zero-order chi connectivity index (χ0) is 15.4. The van der Waals surface area contributed by atoms with Gasteiger partial charge in [0, 0.05) is 27.2 Å². The molecular formula is C15H28N4O2. The van der Waals surface area contributed by atoms with Crippen LogP contribution < -0.4 is 5.73 Å². The zero-order valence-electron chi connectivity index (χ0n) is 13.4. The number of aliphatic imine (C=N–C) groups is 1. The number of carbonyl (C=O) groups excluding carboxylic acids is 1. The molecular weight excluding hydrogens is 268 g/mol. The monoisotopic (exact) mass is 296 g/mol. The Morgan fingerprint density at radius 1 is 1.29 bits per heavy atom. The van der Waals surface area contributed by atoms with Crippen molar-refractivity contribution in [3.63, 3.8) is 0 Å². The molecule has 0 bridgehead atoms. The molecule has 6 heteroatoms. The highest BCUT2D eigenvalue weighted by Crippen LogP contribution is 2.21. The van der Waals surface area contributed by atoms with E-state index < -0.39 is 0 Å². The Morgan fingerprint density at radius 3 is 2.57 bits per heavy atom. The van der Waals surface area contributed by atoms with Crippen molar-refractivity contribution in [2.45, 2.75) is 44.8 Å². The summed E-state index contributed by atoms with van der Waals surface area (Å²) in [5.41, 5.74) is 6.06. The van der Waals surface area contributed by atoms with Crippen molar-refractivity contribution in [1.82, 2.24) is 9.80 Å². The molecule has 0 radical (unpaired) electrons. The predicted molar refractivity (Wildman–Crippen MR) is 83.0 cm³/mol. The van der Waals surface area contributed by atoms with Gasteiger partial charge >= 0.3 is 0 Å².